The summed E-state index contributed by atoms with van der Waals surface area (Å²) in [6.45, 7) is 7.78. The second-order valence-electron chi connectivity index (χ2n) is 5.97. The maximum Gasteiger partial charge on any atom is 0.127 e. The molecular formula is C17H27NO3. The maximum absolute atomic E-state index is 6.00. The van der Waals surface area contributed by atoms with Gasteiger partial charge in [-0.3, -0.25) is 0 Å². The number of hydrogen-bond acceptors (Lipinski definition) is 4. The van der Waals surface area contributed by atoms with Crippen LogP contribution in [0.1, 0.15) is 39.2 Å². The molecule has 1 aliphatic heterocycles. The molecule has 1 aromatic rings. The lowest BCUT2D eigenvalue weighted by atomic mass is 10.1. The molecule has 0 aliphatic carbocycles. The zero-order valence-corrected chi connectivity index (χ0v) is 13.5. The largest absolute Gasteiger partial charge is 0.497 e. The average Bonchev–Trinajstić information content (AvgIpc) is 2.88. The summed E-state index contributed by atoms with van der Waals surface area (Å²) in [5.74, 6) is 1.70. The van der Waals surface area contributed by atoms with Gasteiger partial charge in [-0.25, -0.2) is 0 Å². The van der Waals surface area contributed by atoms with Crippen LogP contribution in [0, 0.1) is 0 Å². The van der Waals surface area contributed by atoms with Crippen molar-refractivity contribution in [1.82, 2.24) is 5.32 Å². The lowest BCUT2D eigenvalue weighted by Crippen LogP contribution is -2.23. The van der Waals surface area contributed by atoms with Gasteiger partial charge in [-0.15, -0.1) is 0 Å². The Hall–Kier alpha value is -1.26. The van der Waals surface area contributed by atoms with E-state index < -0.39 is 0 Å². The molecule has 1 aliphatic rings. The van der Waals surface area contributed by atoms with Crippen LogP contribution < -0.4 is 14.8 Å². The van der Waals surface area contributed by atoms with Gasteiger partial charge in [0.1, 0.15) is 18.1 Å². The van der Waals surface area contributed by atoms with Crippen molar-refractivity contribution in [2.75, 3.05) is 13.7 Å². The lowest BCUT2D eigenvalue weighted by molar-refractivity contribution is 0.0262. The summed E-state index contributed by atoms with van der Waals surface area (Å²) in [4.78, 5) is 0. The van der Waals surface area contributed by atoms with Crippen molar-refractivity contribution in [2.24, 2.45) is 0 Å². The molecule has 1 saturated heterocycles. The van der Waals surface area contributed by atoms with Crippen molar-refractivity contribution in [3.05, 3.63) is 23.8 Å². The van der Waals surface area contributed by atoms with Gasteiger partial charge < -0.3 is 19.5 Å². The Balaban J connectivity index is 2.00. The SMILES string of the molecule is COc1ccc(CNC(C)C)c(OCC2CCC(C)O2)c1. The first kappa shape index (κ1) is 16.1. The Bertz CT molecular complexity index is 448. The Morgan fingerprint density at radius 3 is 2.76 bits per heavy atom. The lowest BCUT2D eigenvalue weighted by Gasteiger charge is -2.17. The van der Waals surface area contributed by atoms with E-state index in [0.717, 1.165) is 36.4 Å². The van der Waals surface area contributed by atoms with Crippen LogP contribution in [0.5, 0.6) is 11.5 Å². The van der Waals surface area contributed by atoms with Crippen molar-refractivity contribution in [1.29, 1.82) is 0 Å². The molecule has 118 valence electrons. The van der Waals surface area contributed by atoms with E-state index in [4.69, 9.17) is 14.2 Å². The van der Waals surface area contributed by atoms with Gasteiger partial charge in [0.2, 0.25) is 0 Å². The molecule has 21 heavy (non-hydrogen) atoms. The van der Waals surface area contributed by atoms with E-state index in [1.54, 1.807) is 7.11 Å². The van der Waals surface area contributed by atoms with E-state index in [2.05, 4.69) is 32.2 Å². The van der Waals surface area contributed by atoms with Gasteiger partial charge in [0, 0.05) is 24.2 Å². The summed E-state index contributed by atoms with van der Waals surface area (Å²) < 4.78 is 17.1. The smallest absolute Gasteiger partial charge is 0.127 e. The summed E-state index contributed by atoms with van der Waals surface area (Å²) >= 11 is 0. The van der Waals surface area contributed by atoms with Crippen LogP contribution in [0.15, 0.2) is 18.2 Å². The fraction of sp³-hybridized carbons (Fsp3) is 0.647. The fourth-order valence-corrected chi connectivity index (χ4v) is 2.45. The highest BCUT2D eigenvalue weighted by molar-refractivity contribution is 5.40. The van der Waals surface area contributed by atoms with Gasteiger partial charge in [-0.2, -0.15) is 0 Å². The molecule has 2 unspecified atom stereocenters. The van der Waals surface area contributed by atoms with Crippen LogP contribution in [0.3, 0.4) is 0 Å². The van der Waals surface area contributed by atoms with Crippen LogP contribution in [0.4, 0.5) is 0 Å². The van der Waals surface area contributed by atoms with Gasteiger partial charge in [-0.05, 0) is 25.8 Å². The highest BCUT2D eigenvalue weighted by atomic mass is 16.5. The molecule has 0 aromatic heterocycles. The predicted molar refractivity (Wildman–Crippen MR) is 84.0 cm³/mol. The molecule has 1 fully saturated rings. The highest BCUT2D eigenvalue weighted by Gasteiger charge is 2.22. The topological polar surface area (TPSA) is 39.7 Å². The standard InChI is InChI=1S/C17H27NO3/c1-12(2)18-10-14-6-8-15(19-4)9-17(14)20-11-16-7-5-13(3)21-16/h6,8-9,12-13,16,18H,5,7,10-11H2,1-4H3. The molecule has 2 atom stereocenters. The molecule has 0 spiro atoms. The van der Waals surface area contributed by atoms with E-state index in [-0.39, 0.29) is 6.10 Å². The molecule has 1 N–H and O–H groups in total. The van der Waals surface area contributed by atoms with Gasteiger partial charge in [0.25, 0.3) is 0 Å². The van der Waals surface area contributed by atoms with Crippen LogP contribution in [0.2, 0.25) is 0 Å². The number of methoxy groups -OCH3 is 1. The Morgan fingerprint density at radius 2 is 2.14 bits per heavy atom. The third-order valence-corrected chi connectivity index (χ3v) is 3.72. The summed E-state index contributed by atoms with van der Waals surface area (Å²) in [6, 6.07) is 6.43. The van der Waals surface area contributed by atoms with Gasteiger partial charge in [0.05, 0.1) is 19.3 Å². The molecule has 2 rings (SSSR count). The molecular weight excluding hydrogens is 266 g/mol. The van der Waals surface area contributed by atoms with Crippen molar-refractivity contribution in [2.45, 2.75) is 58.4 Å². The quantitative estimate of drug-likeness (QED) is 0.838. The zero-order valence-electron chi connectivity index (χ0n) is 13.5. The monoisotopic (exact) mass is 293 g/mol. The van der Waals surface area contributed by atoms with Crippen LogP contribution >= 0.6 is 0 Å². The number of rotatable bonds is 7. The van der Waals surface area contributed by atoms with Crippen LogP contribution in [-0.2, 0) is 11.3 Å². The van der Waals surface area contributed by atoms with Gasteiger partial charge in [0.15, 0.2) is 0 Å². The Kier molecular flexibility index (Phi) is 5.88. The first-order valence-electron chi connectivity index (χ1n) is 7.77. The summed E-state index contributed by atoms with van der Waals surface area (Å²) in [6.07, 6.45) is 2.75. The normalized spacial score (nSPS) is 21.8. The second kappa shape index (κ2) is 7.66. The fourth-order valence-electron chi connectivity index (χ4n) is 2.45. The molecule has 4 nitrogen and oxygen atoms in total. The van der Waals surface area contributed by atoms with E-state index in [1.165, 1.54) is 0 Å². The Labute approximate surface area is 127 Å². The van der Waals surface area contributed by atoms with Crippen molar-refractivity contribution < 1.29 is 14.2 Å². The third kappa shape index (κ3) is 4.90. The van der Waals surface area contributed by atoms with Gasteiger partial charge >= 0.3 is 0 Å². The van der Waals surface area contributed by atoms with Crippen LogP contribution in [-0.4, -0.2) is 32.0 Å². The van der Waals surface area contributed by atoms with Crippen molar-refractivity contribution in [3.8, 4) is 11.5 Å². The zero-order chi connectivity index (χ0) is 15.2. The second-order valence-corrected chi connectivity index (χ2v) is 5.97. The van der Waals surface area contributed by atoms with E-state index >= 15 is 0 Å². The first-order valence-corrected chi connectivity index (χ1v) is 7.77. The number of ether oxygens (including phenoxy) is 3. The molecule has 0 amide bonds. The minimum atomic E-state index is 0.206. The van der Waals surface area contributed by atoms with E-state index in [0.29, 0.717) is 18.8 Å². The van der Waals surface area contributed by atoms with Gasteiger partial charge in [-0.1, -0.05) is 19.9 Å². The molecule has 1 heterocycles. The van der Waals surface area contributed by atoms with Crippen LogP contribution in [0.25, 0.3) is 0 Å². The Morgan fingerprint density at radius 1 is 1.33 bits per heavy atom. The maximum atomic E-state index is 6.00. The first-order chi connectivity index (χ1) is 10.1. The van der Waals surface area contributed by atoms with E-state index in [9.17, 15) is 0 Å². The molecule has 0 saturated carbocycles. The number of hydrogen-bond donors (Lipinski definition) is 1. The average molecular weight is 293 g/mol. The summed E-state index contributed by atoms with van der Waals surface area (Å²) in [5, 5.41) is 3.42. The van der Waals surface area contributed by atoms with Crippen molar-refractivity contribution in [3.63, 3.8) is 0 Å². The molecule has 1 aromatic carbocycles. The predicted octanol–water partition coefficient (Wildman–Crippen LogP) is 3.14. The molecule has 4 heteroatoms. The highest BCUT2D eigenvalue weighted by Crippen LogP contribution is 2.27. The number of nitrogens with one attached hydrogen (secondary N) is 1. The van der Waals surface area contributed by atoms with Crippen molar-refractivity contribution >= 4 is 0 Å². The minimum Gasteiger partial charge on any atom is -0.497 e. The van der Waals surface area contributed by atoms with E-state index in [1.807, 2.05) is 12.1 Å². The summed E-state index contributed by atoms with van der Waals surface area (Å²) in [5.41, 5.74) is 1.15. The third-order valence-electron chi connectivity index (χ3n) is 3.72. The molecule has 0 bridgehead atoms. The minimum absolute atomic E-state index is 0.206. The number of benzene rings is 1. The summed E-state index contributed by atoms with van der Waals surface area (Å²) in [7, 11) is 1.67. The molecule has 0 radical (unpaired) electrons.